The quantitative estimate of drug-likeness (QED) is 0.792. The number of rotatable bonds is 6. The molecule has 2 heterocycles. The number of benzene rings is 1. The van der Waals surface area contributed by atoms with Gasteiger partial charge in [-0.1, -0.05) is 30.3 Å². The molecule has 5 nitrogen and oxygen atoms in total. The third kappa shape index (κ3) is 5.43. The van der Waals surface area contributed by atoms with E-state index >= 15 is 0 Å². The minimum Gasteiger partial charge on any atom is -0.478 e. The number of likely N-dealkylation sites (tertiary alicyclic amines) is 1. The Morgan fingerprint density at radius 1 is 1.28 bits per heavy atom. The third-order valence-corrected chi connectivity index (χ3v) is 4.31. The molecule has 1 fully saturated rings. The molecule has 1 aliphatic rings. The Hall–Kier alpha value is -2.66. The van der Waals surface area contributed by atoms with E-state index in [4.69, 9.17) is 5.11 Å². The largest absolute Gasteiger partial charge is 0.478 e. The molecule has 5 heteroatoms. The van der Waals surface area contributed by atoms with E-state index in [1.165, 1.54) is 12.0 Å². The molecule has 0 bridgehead atoms. The zero-order valence-electron chi connectivity index (χ0n) is 14.1. The second-order valence-corrected chi connectivity index (χ2v) is 6.35. The Balaban J connectivity index is 1.54. The maximum atomic E-state index is 10.5. The van der Waals surface area contributed by atoms with Crippen molar-refractivity contribution in [3.05, 3.63) is 65.9 Å². The smallest absolute Gasteiger partial charge is 0.328 e. The molecule has 1 atom stereocenters. The van der Waals surface area contributed by atoms with Crippen molar-refractivity contribution in [1.29, 1.82) is 0 Å². The van der Waals surface area contributed by atoms with Crippen LogP contribution < -0.4 is 5.32 Å². The van der Waals surface area contributed by atoms with E-state index < -0.39 is 5.97 Å². The monoisotopic (exact) mass is 337 g/mol. The molecule has 25 heavy (non-hydrogen) atoms. The average Bonchev–Trinajstić information content (AvgIpc) is 2.62. The molecule has 2 aromatic rings. The molecular formula is C20H23N3O2. The van der Waals surface area contributed by atoms with Crippen LogP contribution in [0.25, 0.3) is 6.08 Å². The van der Waals surface area contributed by atoms with Crippen LogP contribution in [0.3, 0.4) is 0 Å². The molecule has 0 radical (unpaired) electrons. The summed E-state index contributed by atoms with van der Waals surface area (Å²) in [4.78, 5) is 17.4. The molecular weight excluding hydrogens is 314 g/mol. The molecule has 0 unspecified atom stereocenters. The van der Waals surface area contributed by atoms with Gasteiger partial charge in [0.05, 0.1) is 0 Å². The summed E-state index contributed by atoms with van der Waals surface area (Å²) in [5, 5.41) is 12.1. The first-order chi connectivity index (χ1) is 12.2. The third-order valence-electron chi connectivity index (χ3n) is 4.31. The molecule has 0 aliphatic carbocycles. The highest BCUT2D eigenvalue weighted by Gasteiger charge is 2.20. The summed E-state index contributed by atoms with van der Waals surface area (Å²) in [5.74, 6) is -0.123. The number of hydrogen-bond acceptors (Lipinski definition) is 4. The van der Waals surface area contributed by atoms with Crippen LogP contribution in [0.15, 0.2) is 54.7 Å². The van der Waals surface area contributed by atoms with E-state index in [1.807, 2.05) is 18.2 Å². The lowest BCUT2D eigenvalue weighted by atomic mass is 10.0. The normalized spacial score (nSPS) is 18.3. The number of aromatic nitrogens is 1. The SMILES string of the molecule is O=C(O)C=Cc1ccc(N[C@@H]2CCCN(Cc3ccccc3)C2)nc1. The molecule has 130 valence electrons. The number of carbonyl (C=O) groups is 1. The first-order valence-corrected chi connectivity index (χ1v) is 8.59. The van der Waals surface area contributed by atoms with Gasteiger partial charge in [0.2, 0.25) is 0 Å². The molecule has 0 saturated carbocycles. The maximum Gasteiger partial charge on any atom is 0.328 e. The van der Waals surface area contributed by atoms with Crippen molar-refractivity contribution < 1.29 is 9.90 Å². The van der Waals surface area contributed by atoms with E-state index in [0.29, 0.717) is 6.04 Å². The summed E-state index contributed by atoms with van der Waals surface area (Å²) in [5.41, 5.74) is 2.12. The van der Waals surface area contributed by atoms with Gasteiger partial charge in [-0.25, -0.2) is 9.78 Å². The summed E-state index contributed by atoms with van der Waals surface area (Å²) in [7, 11) is 0. The molecule has 3 rings (SSSR count). The maximum absolute atomic E-state index is 10.5. The molecule has 2 N–H and O–H groups in total. The van der Waals surface area contributed by atoms with Crippen LogP contribution in [0.4, 0.5) is 5.82 Å². The van der Waals surface area contributed by atoms with Gasteiger partial charge in [-0.15, -0.1) is 0 Å². The van der Waals surface area contributed by atoms with Crippen molar-refractivity contribution in [1.82, 2.24) is 9.88 Å². The van der Waals surface area contributed by atoms with Crippen LogP contribution in [0.2, 0.25) is 0 Å². The lowest BCUT2D eigenvalue weighted by Gasteiger charge is -2.33. The number of nitrogens with one attached hydrogen (secondary N) is 1. The van der Waals surface area contributed by atoms with E-state index in [9.17, 15) is 4.79 Å². The topological polar surface area (TPSA) is 65.5 Å². The molecule has 1 aromatic carbocycles. The fraction of sp³-hybridized carbons (Fsp3) is 0.300. The minimum absolute atomic E-state index is 0.380. The zero-order chi connectivity index (χ0) is 17.5. The van der Waals surface area contributed by atoms with E-state index in [0.717, 1.165) is 43.5 Å². The van der Waals surface area contributed by atoms with Crippen molar-refractivity contribution in [3.63, 3.8) is 0 Å². The van der Waals surface area contributed by atoms with Gasteiger partial charge >= 0.3 is 5.97 Å². The average molecular weight is 337 g/mol. The predicted octanol–water partition coefficient (Wildman–Crippen LogP) is 3.26. The Labute approximate surface area is 148 Å². The van der Waals surface area contributed by atoms with Gasteiger partial charge in [-0.2, -0.15) is 0 Å². The van der Waals surface area contributed by atoms with Crippen LogP contribution in [-0.2, 0) is 11.3 Å². The number of anilines is 1. The van der Waals surface area contributed by atoms with Gasteiger partial charge in [0.25, 0.3) is 0 Å². The van der Waals surface area contributed by atoms with Gasteiger partial charge in [0, 0.05) is 31.4 Å². The van der Waals surface area contributed by atoms with Crippen molar-refractivity contribution in [2.45, 2.75) is 25.4 Å². The van der Waals surface area contributed by atoms with Crippen molar-refractivity contribution in [3.8, 4) is 0 Å². The predicted molar refractivity (Wildman–Crippen MR) is 99.3 cm³/mol. The molecule has 0 amide bonds. The number of hydrogen-bond donors (Lipinski definition) is 2. The Morgan fingerprint density at radius 3 is 2.84 bits per heavy atom. The highest BCUT2D eigenvalue weighted by Crippen LogP contribution is 2.17. The molecule has 0 spiro atoms. The van der Waals surface area contributed by atoms with E-state index in [1.54, 1.807) is 12.3 Å². The second-order valence-electron chi connectivity index (χ2n) is 6.35. The number of nitrogens with zero attached hydrogens (tertiary/aromatic N) is 2. The molecule has 1 saturated heterocycles. The summed E-state index contributed by atoms with van der Waals surface area (Å²) in [6.45, 7) is 3.10. The summed E-state index contributed by atoms with van der Waals surface area (Å²) >= 11 is 0. The number of carboxylic acids is 1. The Kier molecular flexibility index (Phi) is 5.80. The van der Waals surface area contributed by atoms with Gasteiger partial charge < -0.3 is 10.4 Å². The molecule has 1 aliphatic heterocycles. The van der Waals surface area contributed by atoms with Crippen LogP contribution in [0, 0.1) is 0 Å². The van der Waals surface area contributed by atoms with Crippen LogP contribution in [0.1, 0.15) is 24.0 Å². The van der Waals surface area contributed by atoms with Gasteiger partial charge in [0.15, 0.2) is 0 Å². The number of aliphatic carboxylic acids is 1. The van der Waals surface area contributed by atoms with Gasteiger partial charge in [-0.3, -0.25) is 4.90 Å². The number of carboxylic acid groups (broad SMARTS) is 1. The Morgan fingerprint density at radius 2 is 2.12 bits per heavy atom. The van der Waals surface area contributed by atoms with Crippen molar-refractivity contribution >= 4 is 17.9 Å². The lowest BCUT2D eigenvalue weighted by molar-refractivity contribution is -0.131. The first-order valence-electron chi connectivity index (χ1n) is 8.59. The summed E-state index contributed by atoms with van der Waals surface area (Å²) < 4.78 is 0. The fourth-order valence-corrected chi connectivity index (χ4v) is 3.12. The highest BCUT2D eigenvalue weighted by molar-refractivity contribution is 5.85. The van der Waals surface area contributed by atoms with Crippen LogP contribution >= 0.6 is 0 Å². The van der Waals surface area contributed by atoms with E-state index in [-0.39, 0.29) is 0 Å². The second kappa shape index (κ2) is 8.44. The van der Waals surface area contributed by atoms with Crippen molar-refractivity contribution in [2.75, 3.05) is 18.4 Å². The standard InChI is InChI=1S/C20H23N3O2/c24-20(25)11-9-16-8-10-19(21-13-16)22-18-7-4-12-23(15-18)14-17-5-2-1-3-6-17/h1-3,5-6,8-11,13,18H,4,7,12,14-15H2,(H,21,22)(H,24,25)/t18-/m1/s1. The van der Waals surface area contributed by atoms with E-state index in [2.05, 4.69) is 39.5 Å². The number of piperidine rings is 1. The highest BCUT2D eigenvalue weighted by atomic mass is 16.4. The lowest BCUT2D eigenvalue weighted by Crippen LogP contribution is -2.41. The summed E-state index contributed by atoms with van der Waals surface area (Å²) in [6.07, 6.45) is 6.65. The minimum atomic E-state index is -0.956. The number of pyridine rings is 1. The fourth-order valence-electron chi connectivity index (χ4n) is 3.12. The zero-order valence-corrected chi connectivity index (χ0v) is 14.1. The Bertz CT molecular complexity index is 713. The molecule has 1 aromatic heterocycles. The van der Waals surface area contributed by atoms with Gasteiger partial charge in [0.1, 0.15) is 5.82 Å². The van der Waals surface area contributed by atoms with Crippen LogP contribution in [0.5, 0.6) is 0 Å². The van der Waals surface area contributed by atoms with Crippen molar-refractivity contribution in [2.24, 2.45) is 0 Å². The van der Waals surface area contributed by atoms with Crippen LogP contribution in [-0.4, -0.2) is 40.1 Å². The summed E-state index contributed by atoms with van der Waals surface area (Å²) in [6, 6.07) is 14.7. The first kappa shape index (κ1) is 17.2. The van der Waals surface area contributed by atoms with Gasteiger partial charge in [-0.05, 0) is 48.7 Å².